The minimum atomic E-state index is 0.268. The first-order valence-electron chi connectivity index (χ1n) is 5.52. The van der Waals surface area contributed by atoms with Crippen molar-refractivity contribution in [3.8, 4) is 0 Å². The molecule has 86 valence electrons. The van der Waals surface area contributed by atoms with Gasteiger partial charge in [-0.05, 0) is 37.3 Å². The van der Waals surface area contributed by atoms with Crippen molar-refractivity contribution in [1.29, 1.82) is 0 Å². The summed E-state index contributed by atoms with van der Waals surface area (Å²) in [6, 6.07) is 6.38. The second-order valence-electron chi connectivity index (χ2n) is 4.03. The molecule has 0 bridgehead atoms. The van der Waals surface area contributed by atoms with E-state index in [0.717, 1.165) is 5.70 Å². The van der Waals surface area contributed by atoms with Crippen molar-refractivity contribution < 1.29 is 0 Å². The summed E-state index contributed by atoms with van der Waals surface area (Å²) in [4.78, 5) is 4.07. The zero-order valence-corrected chi connectivity index (χ0v) is 10.5. The van der Waals surface area contributed by atoms with Crippen LogP contribution >= 0.6 is 0 Å². The van der Waals surface area contributed by atoms with Crippen LogP contribution in [-0.2, 0) is 0 Å². The second kappa shape index (κ2) is 5.50. The number of hydrogen-bond donors (Lipinski definition) is 1. The smallest absolute Gasteiger partial charge is 0.0624 e. The lowest BCUT2D eigenvalue weighted by Crippen LogP contribution is -2.04. The molecule has 0 aromatic heterocycles. The first-order valence-corrected chi connectivity index (χ1v) is 5.52. The maximum Gasteiger partial charge on any atom is 0.0624 e. The molecular weight excluding hydrogens is 196 g/mol. The number of benzene rings is 1. The van der Waals surface area contributed by atoms with Gasteiger partial charge in [-0.1, -0.05) is 25.1 Å². The molecule has 1 aromatic rings. The van der Waals surface area contributed by atoms with Crippen LogP contribution in [0.3, 0.4) is 0 Å². The van der Waals surface area contributed by atoms with E-state index >= 15 is 0 Å². The van der Waals surface area contributed by atoms with Crippen LogP contribution in [0.25, 0.3) is 0 Å². The molecule has 0 fully saturated rings. The Morgan fingerprint density at radius 3 is 2.69 bits per heavy atom. The SMILES string of the molecule is C=N/C(=C\NC)C(C)c1cccc(C)c1C. The Morgan fingerprint density at radius 2 is 2.12 bits per heavy atom. The second-order valence-corrected chi connectivity index (χ2v) is 4.03. The Balaban J connectivity index is 3.13. The minimum Gasteiger partial charge on any atom is -0.392 e. The summed E-state index contributed by atoms with van der Waals surface area (Å²) in [5.74, 6) is 0.268. The average Bonchev–Trinajstić information content (AvgIpc) is 2.29. The summed E-state index contributed by atoms with van der Waals surface area (Å²) >= 11 is 0. The van der Waals surface area contributed by atoms with E-state index < -0.39 is 0 Å². The quantitative estimate of drug-likeness (QED) is 0.768. The summed E-state index contributed by atoms with van der Waals surface area (Å²) in [5.41, 5.74) is 4.93. The van der Waals surface area contributed by atoms with E-state index in [-0.39, 0.29) is 5.92 Å². The van der Waals surface area contributed by atoms with Crippen LogP contribution in [0.2, 0.25) is 0 Å². The molecule has 1 unspecified atom stereocenters. The highest BCUT2D eigenvalue weighted by Crippen LogP contribution is 2.28. The van der Waals surface area contributed by atoms with Crippen LogP contribution in [0, 0.1) is 13.8 Å². The van der Waals surface area contributed by atoms with Crippen LogP contribution in [0.4, 0.5) is 0 Å². The van der Waals surface area contributed by atoms with E-state index in [1.807, 2.05) is 13.2 Å². The molecule has 0 spiro atoms. The lowest BCUT2D eigenvalue weighted by molar-refractivity contribution is 0.849. The van der Waals surface area contributed by atoms with E-state index in [4.69, 9.17) is 0 Å². The highest BCUT2D eigenvalue weighted by Gasteiger charge is 2.13. The van der Waals surface area contributed by atoms with Gasteiger partial charge in [0.05, 0.1) is 5.70 Å². The fourth-order valence-corrected chi connectivity index (χ4v) is 1.86. The third kappa shape index (κ3) is 2.51. The predicted octanol–water partition coefficient (Wildman–Crippen LogP) is 3.17. The molecule has 0 heterocycles. The molecule has 1 aromatic carbocycles. The van der Waals surface area contributed by atoms with Gasteiger partial charge in [0.25, 0.3) is 0 Å². The van der Waals surface area contributed by atoms with E-state index in [2.05, 4.69) is 56.0 Å². The molecule has 1 rings (SSSR count). The Hall–Kier alpha value is -1.57. The van der Waals surface area contributed by atoms with Gasteiger partial charge in [-0.15, -0.1) is 0 Å². The number of nitrogens with one attached hydrogen (secondary N) is 1. The number of aliphatic imine (C=N–C) groups is 1. The van der Waals surface area contributed by atoms with Crippen LogP contribution in [0.5, 0.6) is 0 Å². The van der Waals surface area contributed by atoms with Gasteiger partial charge in [-0.3, -0.25) is 4.99 Å². The lowest BCUT2D eigenvalue weighted by Gasteiger charge is -2.16. The van der Waals surface area contributed by atoms with E-state index in [1.54, 1.807) is 0 Å². The third-order valence-corrected chi connectivity index (χ3v) is 3.03. The van der Waals surface area contributed by atoms with Crippen molar-refractivity contribution in [2.24, 2.45) is 4.99 Å². The number of allylic oxidation sites excluding steroid dienone is 1. The van der Waals surface area contributed by atoms with E-state index in [0.29, 0.717) is 0 Å². The van der Waals surface area contributed by atoms with Crippen molar-refractivity contribution in [3.05, 3.63) is 46.8 Å². The van der Waals surface area contributed by atoms with Gasteiger partial charge in [0, 0.05) is 19.2 Å². The fraction of sp³-hybridized carbons (Fsp3) is 0.357. The van der Waals surface area contributed by atoms with Crippen LogP contribution in [0.15, 0.2) is 35.1 Å². The number of hydrogen-bond acceptors (Lipinski definition) is 2. The predicted molar refractivity (Wildman–Crippen MR) is 71.0 cm³/mol. The summed E-state index contributed by atoms with van der Waals surface area (Å²) in [6.07, 6.45) is 1.90. The summed E-state index contributed by atoms with van der Waals surface area (Å²) in [5, 5.41) is 3.01. The molecule has 2 nitrogen and oxygen atoms in total. The molecule has 0 aliphatic heterocycles. The first kappa shape index (κ1) is 12.5. The summed E-state index contributed by atoms with van der Waals surface area (Å²) in [6.45, 7) is 10.1. The monoisotopic (exact) mass is 216 g/mol. The van der Waals surface area contributed by atoms with Crippen molar-refractivity contribution in [3.63, 3.8) is 0 Å². The van der Waals surface area contributed by atoms with Gasteiger partial charge in [-0.2, -0.15) is 0 Å². The Labute approximate surface area is 98.1 Å². The molecule has 16 heavy (non-hydrogen) atoms. The Bertz CT molecular complexity index is 405. The van der Waals surface area contributed by atoms with Gasteiger partial charge >= 0.3 is 0 Å². The number of nitrogens with zero attached hydrogens (tertiary/aromatic N) is 1. The fourth-order valence-electron chi connectivity index (χ4n) is 1.86. The highest BCUT2D eigenvalue weighted by molar-refractivity contribution is 5.41. The first-order chi connectivity index (χ1) is 7.61. The molecular formula is C14H20N2. The van der Waals surface area contributed by atoms with Crippen LogP contribution in [0.1, 0.15) is 29.5 Å². The normalized spacial score (nSPS) is 13.4. The average molecular weight is 216 g/mol. The molecule has 1 N–H and O–H groups in total. The van der Waals surface area contributed by atoms with Gasteiger partial charge in [0.2, 0.25) is 0 Å². The molecule has 1 atom stereocenters. The topological polar surface area (TPSA) is 24.4 Å². The Morgan fingerprint density at radius 1 is 1.44 bits per heavy atom. The van der Waals surface area contributed by atoms with Crippen LogP contribution < -0.4 is 5.32 Å². The molecule has 0 saturated heterocycles. The molecule has 0 saturated carbocycles. The van der Waals surface area contributed by atoms with E-state index in [9.17, 15) is 0 Å². The Kier molecular flexibility index (Phi) is 4.29. The number of aryl methyl sites for hydroxylation is 1. The minimum absolute atomic E-state index is 0.268. The molecule has 0 radical (unpaired) electrons. The summed E-state index contributed by atoms with van der Waals surface area (Å²) in [7, 11) is 1.88. The molecule has 0 amide bonds. The van der Waals surface area contributed by atoms with Crippen molar-refractivity contribution in [2.45, 2.75) is 26.7 Å². The zero-order chi connectivity index (χ0) is 12.1. The maximum atomic E-state index is 4.07. The van der Waals surface area contributed by atoms with Crippen molar-refractivity contribution in [1.82, 2.24) is 5.32 Å². The highest BCUT2D eigenvalue weighted by atomic mass is 14.8. The standard InChI is InChI=1S/C14H20N2/c1-10-7-6-8-13(11(10)2)12(3)14(16-5)9-15-4/h6-9,12,15H,5H2,1-4H3/b14-9-. The zero-order valence-electron chi connectivity index (χ0n) is 10.5. The van der Waals surface area contributed by atoms with Crippen LogP contribution in [-0.4, -0.2) is 13.8 Å². The lowest BCUT2D eigenvalue weighted by atomic mass is 9.91. The largest absolute Gasteiger partial charge is 0.392 e. The molecule has 2 heteroatoms. The summed E-state index contributed by atoms with van der Waals surface area (Å²) < 4.78 is 0. The van der Waals surface area contributed by atoms with Crippen molar-refractivity contribution >= 4 is 6.72 Å². The molecule has 0 aliphatic rings. The van der Waals surface area contributed by atoms with E-state index in [1.165, 1.54) is 16.7 Å². The third-order valence-electron chi connectivity index (χ3n) is 3.03. The van der Waals surface area contributed by atoms with Crippen molar-refractivity contribution in [2.75, 3.05) is 7.05 Å². The number of rotatable bonds is 4. The maximum absolute atomic E-state index is 4.07. The molecule has 0 aliphatic carbocycles. The van der Waals surface area contributed by atoms with Gasteiger partial charge in [0.1, 0.15) is 0 Å². The van der Waals surface area contributed by atoms with Gasteiger partial charge < -0.3 is 5.32 Å². The van der Waals surface area contributed by atoms with Gasteiger partial charge in [-0.25, -0.2) is 0 Å². The van der Waals surface area contributed by atoms with Gasteiger partial charge in [0.15, 0.2) is 0 Å².